The van der Waals surface area contributed by atoms with E-state index in [-0.39, 0.29) is 28.9 Å². The van der Waals surface area contributed by atoms with E-state index in [9.17, 15) is 10.1 Å². The van der Waals surface area contributed by atoms with Crippen molar-refractivity contribution in [3.63, 3.8) is 0 Å². The minimum absolute atomic E-state index is 0.126. The fraction of sp³-hybridized carbons (Fsp3) is 0.364. The highest BCUT2D eigenvalue weighted by Gasteiger charge is 2.37. The lowest BCUT2D eigenvalue weighted by Crippen LogP contribution is -2.55. The molecule has 45 heavy (non-hydrogen) atoms. The number of likely N-dealkylation sites (tertiary alicyclic amines) is 1. The third-order valence-electron chi connectivity index (χ3n) is 8.69. The summed E-state index contributed by atoms with van der Waals surface area (Å²) < 4.78 is 23.0. The SMILES string of the molecule is CN1CCN(C(C)(C)C=C(C#N)C(=O)N2CC[C@@H]2Cn2nc(-c3ccc(Oc4ccccc4)cc3F)c3c(N)ncnc32)CC1. The standard InChI is InChI=1S/C33H36FN9O2/c1-33(2,41-15-13-40(3)14-16-41)18-22(19-35)32(44)42-12-11-23(42)20-43-31-28(30(36)37-21-38-31)29(39-43)26-10-9-25(17-27(26)34)45-24-7-5-4-6-8-24/h4-10,17-18,21,23H,11-16,20H2,1-3H3,(H2,36,37,38)/t23-/m1/s1. The number of carbonyl (C=O) groups is 1. The van der Waals surface area contributed by atoms with Gasteiger partial charge < -0.3 is 20.3 Å². The van der Waals surface area contributed by atoms with Crippen LogP contribution >= 0.6 is 0 Å². The normalized spacial score (nSPS) is 18.1. The highest BCUT2D eigenvalue weighted by molar-refractivity contribution is 5.99. The summed E-state index contributed by atoms with van der Waals surface area (Å²) in [6.45, 7) is 8.50. The second-order valence-electron chi connectivity index (χ2n) is 12.1. The molecule has 2 aliphatic rings. The summed E-state index contributed by atoms with van der Waals surface area (Å²) >= 11 is 0. The number of aromatic nitrogens is 4. The molecule has 2 aromatic carbocycles. The molecule has 2 saturated heterocycles. The van der Waals surface area contributed by atoms with Crippen molar-refractivity contribution in [2.75, 3.05) is 45.5 Å². The van der Waals surface area contributed by atoms with Crippen LogP contribution in [0.5, 0.6) is 11.5 Å². The van der Waals surface area contributed by atoms with E-state index in [0.29, 0.717) is 41.3 Å². The van der Waals surface area contributed by atoms with Gasteiger partial charge in [0.1, 0.15) is 46.8 Å². The first-order valence-corrected chi connectivity index (χ1v) is 15.0. The van der Waals surface area contributed by atoms with Crippen LogP contribution in [0.15, 0.2) is 66.5 Å². The van der Waals surface area contributed by atoms with E-state index in [1.165, 1.54) is 12.4 Å². The number of para-hydroxylation sites is 1. The molecule has 0 bridgehead atoms. The number of piperazine rings is 1. The third kappa shape index (κ3) is 6.09. The average molecular weight is 610 g/mol. The lowest BCUT2D eigenvalue weighted by atomic mass is 9.95. The summed E-state index contributed by atoms with van der Waals surface area (Å²) in [5, 5.41) is 15.1. The third-order valence-corrected chi connectivity index (χ3v) is 8.69. The van der Waals surface area contributed by atoms with Crippen molar-refractivity contribution in [1.29, 1.82) is 5.26 Å². The zero-order valence-electron chi connectivity index (χ0n) is 25.7. The van der Waals surface area contributed by atoms with Crippen molar-refractivity contribution in [1.82, 2.24) is 34.4 Å². The summed E-state index contributed by atoms with van der Waals surface area (Å²) in [5.41, 5.74) is 6.90. The van der Waals surface area contributed by atoms with Crippen molar-refractivity contribution < 1.29 is 13.9 Å². The molecule has 6 rings (SSSR count). The van der Waals surface area contributed by atoms with Gasteiger partial charge in [-0.3, -0.25) is 9.69 Å². The minimum atomic E-state index is -0.537. The number of halogens is 1. The van der Waals surface area contributed by atoms with Gasteiger partial charge in [0.05, 0.1) is 18.0 Å². The van der Waals surface area contributed by atoms with E-state index in [4.69, 9.17) is 15.6 Å². The average Bonchev–Trinajstić information content (AvgIpc) is 3.38. The van der Waals surface area contributed by atoms with Gasteiger partial charge in [0.25, 0.3) is 5.91 Å². The van der Waals surface area contributed by atoms with Gasteiger partial charge in [0.15, 0.2) is 5.65 Å². The fourth-order valence-electron chi connectivity index (χ4n) is 5.94. The molecule has 1 amide bonds. The van der Waals surface area contributed by atoms with Gasteiger partial charge in [0, 0.05) is 49.9 Å². The molecule has 2 fully saturated rings. The van der Waals surface area contributed by atoms with Gasteiger partial charge in [-0.25, -0.2) is 19.0 Å². The molecule has 0 aliphatic carbocycles. The zero-order chi connectivity index (χ0) is 31.7. The number of benzene rings is 2. The number of nitrogen functional groups attached to an aromatic ring is 1. The Morgan fingerprint density at radius 2 is 1.87 bits per heavy atom. The van der Waals surface area contributed by atoms with Crippen LogP contribution in [0.3, 0.4) is 0 Å². The maximum absolute atomic E-state index is 15.5. The van der Waals surface area contributed by atoms with Crippen LogP contribution < -0.4 is 10.5 Å². The molecule has 12 heteroatoms. The lowest BCUT2D eigenvalue weighted by molar-refractivity contribution is -0.134. The van der Waals surface area contributed by atoms with E-state index in [2.05, 4.69) is 32.9 Å². The van der Waals surface area contributed by atoms with Gasteiger partial charge in [-0.2, -0.15) is 10.4 Å². The maximum atomic E-state index is 15.5. The van der Waals surface area contributed by atoms with Crippen molar-refractivity contribution in [3.8, 4) is 28.8 Å². The highest BCUT2D eigenvalue weighted by atomic mass is 19.1. The molecular weight excluding hydrogens is 573 g/mol. The smallest absolute Gasteiger partial charge is 0.264 e. The van der Waals surface area contributed by atoms with Crippen LogP contribution in [0, 0.1) is 17.1 Å². The van der Waals surface area contributed by atoms with Crippen LogP contribution in [0.4, 0.5) is 10.2 Å². The van der Waals surface area contributed by atoms with Crippen LogP contribution in [-0.4, -0.2) is 91.7 Å². The Morgan fingerprint density at radius 1 is 1.11 bits per heavy atom. The quantitative estimate of drug-likeness (QED) is 0.232. The first-order chi connectivity index (χ1) is 21.6. The van der Waals surface area contributed by atoms with Crippen molar-refractivity contribution in [3.05, 3.63) is 72.3 Å². The topological polar surface area (TPSA) is 129 Å². The van der Waals surface area contributed by atoms with Crippen molar-refractivity contribution in [2.45, 2.75) is 38.4 Å². The molecule has 232 valence electrons. The molecule has 0 unspecified atom stereocenters. The van der Waals surface area contributed by atoms with Crippen LogP contribution in [-0.2, 0) is 11.3 Å². The van der Waals surface area contributed by atoms with E-state index in [0.717, 1.165) is 32.6 Å². The highest BCUT2D eigenvalue weighted by Crippen LogP contribution is 2.35. The number of ether oxygens (including phenoxy) is 1. The van der Waals surface area contributed by atoms with Crippen LogP contribution in [0.1, 0.15) is 20.3 Å². The first-order valence-electron chi connectivity index (χ1n) is 15.0. The van der Waals surface area contributed by atoms with Crippen LogP contribution in [0.2, 0.25) is 0 Å². The minimum Gasteiger partial charge on any atom is -0.457 e. The second kappa shape index (κ2) is 12.3. The van der Waals surface area contributed by atoms with Crippen LogP contribution in [0.25, 0.3) is 22.3 Å². The van der Waals surface area contributed by atoms with Gasteiger partial charge >= 0.3 is 0 Å². The zero-order valence-corrected chi connectivity index (χ0v) is 25.7. The predicted molar refractivity (Wildman–Crippen MR) is 169 cm³/mol. The van der Waals surface area contributed by atoms with E-state index in [1.54, 1.807) is 39.9 Å². The first kappa shape index (κ1) is 30.2. The fourth-order valence-corrected chi connectivity index (χ4v) is 5.94. The summed E-state index contributed by atoms with van der Waals surface area (Å²) in [6.07, 6.45) is 3.86. The Morgan fingerprint density at radius 3 is 2.53 bits per heavy atom. The monoisotopic (exact) mass is 609 g/mol. The number of rotatable bonds is 8. The molecule has 4 heterocycles. The Bertz CT molecular complexity index is 1790. The van der Waals surface area contributed by atoms with E-state index < -0.39 is 11.4 Å². The Balaban J connectivity index is 1.24. The van der Waals surface area contributed by atoms with Crippen molar-refractivity contribution in [2.24, 2.45) is 0 Å². The van der Waals surface area contributed by atoms with Gasteiger partial charge in [0.2, 0.25) is 0 Å². The summed E-state index contributed by atoms with van der Waals surface area (Å²) in [4.78, 5) is 28.4. The molecular formula is C33H36FN9O2. The summed E-state index contributed by atoms with van der Waals surface area (Å²) in [6, 6.07) is 15.6. The summed E-state index contributed by atoms with van der Waals surface area (Å²) in [7, 11) is 2.09. The Labute approximate surface area is 261 Å². The largest absolute Gasteiger partial charge is 0.457 e. The van der Waals surface area contributed by atoms with E-state index >= 15 is 4.39 Å². The molecule has 0 saturated carbocycles. The lowest BCUT2D eigenvalue weighted by Gasteiger charge is -2.43. The number of anilines is 1. The number of carbonyl (C=O) groups excluding carboxylic acids is 1. The number of nitrogens with zero attached hydrogens (tertiary/aromatic N) is 8. The number of nitriles is 1. The number of hydrogen-bond acceptors (Lipinski definition) is 9. The number of amides is 1. The molecule has 2 aliphatic heterocycles. The van der Waals surface area contributed by atoms with Gasteiger partial charge in [-0.05, 0) is 57.7 Å². The van der Waals surface area contributed by atoms with E-state index in [1.807, 2.05) is 32.0 Å². The van der Waals surface area contributed by atoms with Crippen molar-refractivity contribution >= 4 is 22.8 Å². The van der Waals surface area contributed by atoms with Gasteiger partial charge in [-0.1, -0.05) is 18.2 Å². The summed E-state index contributed by atoms with van der Waals surface area (Å²) in [5.74, 6) is 0.269. The molecule has 11 nitrogen and oxygen atoms in total. The predicted octanol–water partition coefficient (Wildman–Crippen LogP) is 4.08. The molecule has 0 radical (unpaired) electrons. The number of fused-ring (bicyclic) bond motifs is 1. The number of likely N-dealkylation sites (N-methyl/N-ethyl adjacent to an activating group) is 1. The second-order valence-corrected chi connectivity index (χ2v) is 12.1. The molecule has 0 spiro atoms. The Kier molecular flexibility index (Phi) is 8.22. The van der Waals surface area contributed by atoms with Gasteiger partial charge in [-0.15, -0.1) is 0 Å². The number of hydrogen-bond donors (Lipinski definition) is 1. The molecule has 2 N–H and O–H groups in total. The molecule has 1 atom stereocenters. The molecule has 2 aromatic heterocycles. The molecule has 4 aromatic rings. The number of nitrogens with two attached hydrogens (primary N) is 1. The maximum Gasteiger partial charge on any atom is 0.264 e. The Hall–Kier alpha value is -4.86.